The summed E-state index contributed by atoms with van der Waals surface area (Å²) in [7, 11) is 0. The van der Waals surface area contributed by atoms with Crippen molar-refractivity contribution < 1.29 is 0 Å². The average Bonchev–Trinajstić information content (AvgIpc) is 2.66. The molecule has 3 rings (SSSR count). The molecule has 0 amide bonds. The number of fused-ring (bicyclic) bond motifs is 3. The molecule has 6 nitrogen and oxygen atoms in total. The number of hydrogen-bond donors (Lipinski definition) is 1. The van der Waals surface area contributed by atoms with Gasteiger partial charge in [0.2, 0.25) is 0 Å². The van der Waals surface area contributed by atoms with E-state index in [0.29, 0.717) is 16.2 Å². The van der Waals surface area contributed by atoms with Crippen LogP contribution in [0.25, 0.3) is 16.6 Å². The monoisotopic (exact) mass is 221 g/mol. The summed E-state index contributed by atoms with van der Waals surface area (Å²) in [6, 6.07) is 5.14. The lowest BCUT2D eigenvalue weighted by Gasteiger charge is -1.98. The molecule has 0 aliphatic carbocycles. The highest BCUT2D eigenvalue weighted by molar-refractivity contribution is 6.31. The average molecular weight is 222 g/mol. The van der Waals surface area contributed by atoms with E-state index in [1.807, 2.05) is 0 Å². The molecule has 0 aliphatic heterocycles. The maximum Gasteiger partial charge on any atom is 0.350 e. The zero-order chi connectivity index (χ0) is 10.4. The Bertz CT molecular complexity index is 716. The smallest absolute Gasteiger partial charge is 0.305 e. The molecule has 2 heterocycles. The Balaban J connectivity index is 2.66. The molecule has 0 fully saturated rings. The summed E-state index contributed by atoms with van der Waals surface area (Å²) >= 11 is 5.82. The summed E-state index contributed by atoms with van der Waals surface area (Å²) in [5.74, 6) is 0. The Morgan fingerprint density at radius 3 is 3.13 bits per heavy atom. The Hall–Kier alpha value is -1.95. The zero-order valence-corrected chi connectivity index (χ0v) is 8.06. The largest absolute Gasteiger partial charge is 0.350 e. The highest BCUT2D eigenvalue weighted by Crippen LogP contribution is 2.18. The normalized spacial score (nSPS) is 11.3. The van der Waals surface area contributed by atoms with Gasteiger partial charge in [-0.3, -0.25) is 0 Å². The molecule has 0 saturated carbocycles. The first-order valence-electron chi connectivity index (χ1n) is 4.15. The van der Waals surface area contributed by atoms with E-state index < -0.39 is 0 Å². The van der Waals surface area contributed by atoms with E-state index >= 15 is 0 Å². The maximum atomic E-state index is 11.5. The van der Waals surface area contributed by atoms with Gasteiger partial charge in [-0.1, -0.05) is 11.6 Å². The van der Waals surface area contributed by atoms with Crippen molar-refractivity contribution >= 4 is 28.2 Å². The lowest BCUT2D eigenvalue weighted by Crippen LogP contribution is -2.17. The molecule has 74 valence electrons. The Labute approximate surface area is 87.5 Å². The van der Waals surface area contributed by atoms with Crippen molar-refractivity contribution in [1.82, 2.24) is 25.0 Å². The highest BCUT2D eigenvalue weighted by atomic mass is 35.5. The number of halogens is 1. The van der Waals surface area contributed by atoms with Crippen LogP contribution in [-0.4, -0.2) is 25.0 Å². The van der Waals surface area contributed by atoms with E-state index in [1.165, 1.54) is 0 Å². The van der Waals surface area contributed by atoms with Gasteiger partial charge in [0.15, 0.2) is 5.65 Å². The van der Waals surface area contributed by atoms with Crippen molar-refractivity contribution in [2.45, 2.75) is 0 Å². The summed E-state index contributed by atoms with van der Waals surface area (Å²) in [6.07, 6.45) is 0. The minimum absolute atomic E-state index is 0.384. The molecule has 0 aliphatic rings. The molecule has 0 atom stereocenters. The molecule has 0 bridgehead atoms. The summed E-state index contributed by atoms with van der Waals surface area (Å²) in [4.78, 5) is 14.1. The van der Waals surface area contributed by atoms with Gasteiger partial charge >= 0.3 is 5.69 Å². The fourth-order valence-electron chi connectivity index (χ4n) is 1.47. The fourth-order valence-corrected chi connectivity index (χ4v) is 1.65. The first-order valence-corrected chi connectivity index (χ1v) is 4.53. The van der Waals surface area contributed by atoms with Crippen molar-refractivity contribution in [1.29, 1.82) is 0 Å². The van der Waals surface area contributed by atoms with E-state index in [1.54, 1.807) is 18.2 Å². The van der Waals surface area contributed by atoms with Crippen LogP contribution < -0.4 is 5.69 Å². The van der Waals surface area contributed by atoms with Gasteiger partial charge < -0.3 is 4.98 Å². The molecule has 0 unspecified atom stereocenters. The van der Waals surface area contributed by atoms with Crippen molar-refractivity contribution in [2.75, 3.05) is 0 Å². The maximum absolute atomic E-state index is 11.5. The SMILES string of the molecule is O=c1[nH]c2cc(Cl)ccc2c2nnnn12. The topological polar surface area (TPSA) is 75.9 Å². The molecule has 15 heavy (non-hydrogen) atoms. The predicted octanol–water partition coefficient (Wildman–Crippen LogP) is 0.619. The number of aromatic amines is 1. The number of nitrogens with one attached hydrogen (secondary N) is 1. The molecular formula is C8H4ClN5O. The minimum Gasteiger partial charge on any atom is -0.305 e. The van der Waals surface area contributed by atoms with Crippen LogP contribution in [0.3, 0.4) is 0 Å². The van der Waals surface area contributed by atoms with Crippen LogP contribution in [0.1, 0.15) is 0 Å². The van der Waals surface area contributed by atoms with Crippen molar-refractivity contribution in [2.24, 2.45) is 0 Å². The van der Waals surface area contributed by atoms with Gasteiger partial charge in [-0.05, 0) is 28.6 Å². The number of nitrogens with zero attached hydrogens (tertiary/aromatic N) is 4. The van der Waals surface area contributed by atoms with Crippen LogP contribution in [0.5, 0.6) is 0 Å². The number of H-pyrrole nitrogens is 1. The van der Waals surface area contributed by atoms with Gasteiger partial charge in [-0.15, -0.1) is 9.61 Å². The molecule has 0 spiro atoms. The molecule has 0 radical (unpaired) electrons. The van der Waals surface area contributed by atoms with Crippen LogP contribution in [0, 0.1) is 0 Å². The third kappa shape index (κ3) is 1.11. The predicted molar refractivity (Wildman–Crippen MR) is 53.9 cm³/mol. The standard InChI is InChI=1S/C8H4ClN5O/c9-4-1-2-5-6(3-4)10-8(15)14-7(5)11-12-13-14/h1-3H,(H,10,15). The third-order valence-corrected chi connectivity index (χ3v) is 2.36. The molecule has 7 heteroatoms. The van der Waals surface area contributed by atoms with Gasteiger partial charge in [-0.2, -0.15) is 0 Å². The number of benzene rings is 1. The van der Waals surface area contributed by atoms with Crippen LogP contribution in [-0.2, 0) is 0 Å². The van der Waals surface area contributed by atoms with E-state index in [-0.39, 0.29) is 5.69 Å². The second-order valence-electron chi connectivity index (χ2n) is 3.03. The molecule has 2 aromatic heterocycles. The summed E-state index contributed by atoms with van der Waals surface area (Å²) < 4.78 is 1.11. The van der Waals surface area contributed by atoms with E-state index in [4.69, 9.17) is 11.6 Å². The Morgan fingerprint density at radius 1 is 1.40 bits per heavy atom. The Morgan fingerprint density at radius 2 is 2.27 bits per heavy atom. The van der Waals surface area contributed by atoms with Gasteiger partial charge in [-0.25, -0.2) is 4.79 Å². The van der Waals surface area contributed by atoms with Crippen molar-refractivity contribution in [3.63, 3.8) is 0 Å². The van der Waals surface area contributed by atoms with Crippen LogP contribution in [0.15, 0.2) is 23.0 Å². The zero-order valence-electron chi connectivity index (χ0n) is 7.31. The number of hydrogen-bond acceptors (Lipinski definition) is 4. The minimum atomic E-state index is -0.384. The number of aromatic nitrogens is 5. The summed E-state index contributed by atoms with van der Waals surface area (Å²) in [6.45, 7) is 0. The molecule has 1 aromatic carbocycles. The van der Waals surface area contributed by atoms with Crippen LogP contribution in [0.4, 0.5) is 0 Å². The molecule has 3 aromatic rings. The van der Waals surface area contributed by atoms with Gasteiger partial charge in [0.25, 0.3) is 0 Å². The van der Waals surface area contributed by atoms with Crippen LogP contribution >= 0.6 is 11.6 Å². The van der Waals surface area contributed by atoms with Crippen LogP contribution in [0.2, 0.25) is 5.02 Å². The van der Waals surface area contributed by atoms with Crippen molar-refractivity contribution in [3.05, 3.63) is 33.7 Å². The van der Waals surface area contributed by atoms with Gasteiger partial charge in [0, 0.05) is 10.4 Å². The van der Waals surface area contributed by atoms with Gasteiger partial charge in [0.1, 0.15) is 0 Å². The first-order chi connectivity index (χ1) is 7.25. The molecular weight excluding hydrogens is 218 g/mol. The molecule has 1 N–H and O–H groups in total. The number of rotatable bonds is 0. The van der Waals surface area contributed by atoms with Crippen molar-refractivity contribution in [3.8, 4) is 0 Å². The summed E-state index contributed by atoms with van der Waals surface area (Å²) in [5, 5.41) is 12.1. The lowest BCUT2D eigenvalue weighted by atomic mass is 10.2. The number of tetrazole rings is 1. The quantitative estimate of drug-likeness (QED) is 0.604. The van der Waals surface area contributed by atoms with E-state index in [0.717, 1.165) is 9.90 Å². The second kappa shape index (κ2) is 2.77. The highest BCUT2D eigenvalue weighted by Gasteiger charge is 2.07. The second-order valence-corrected chi connectivity index (χ2v) is 3.47. The first kappa shape index (κ1) is 8.37. The fraction of sp³-hybridized carbons (Fsp3) is 0. The Kier molecular flexibility index (Phi) is 1.54. The molecule has 0 saturated heterocycles. The van der Waals surface area contributed by atoms with Gasteiger partial charge in [0.05, 0.1) is 5.52 Å². The summed E-state index contributed by atoms with van der Waals surface area (Å²) in [5.41, 5.74) is 0.657. The van der Waals surface area contributed by atoms with E-state index in [2.05, 4.69) is 20.5 Å². The third-order valence-electron chi connectivity index (χ3n) is 2.13. The van der Waals surface area contributed by atoms with E-state index in [9.17, 15) is 4.79 Å². The lowest BCUT2D eigenvalue weighted by molar-refractivity contribution is 0.787.